The van der Waals surface area contributed by atoms with E-state index in [1.165, 1.54) is 38.5 Å². The Balaban J connectivity index is 2.10. The van der Waals surface area contributed by atoms with Gasteiger partial charge in [0.2, 0.25) is 0 Å². The summed E-state index contributed by atoms with van der Waals surface area (Å²) in [7, 11) is -4.04. The number of hydrogen-bond acceptors (Lipinski definition) is 4. The van der Waals surface area contributed by atoms with Crippen LogP contribution in [-0.2, 0) is 19.6 Å². The van der Waals surface area contributed by atoms with Gasteiger partial charge in [0.05, 0.1) is 17.8 Å². The van der Waals surface area contributed by atoms with Gasteiger partial charge in [-0.2, -0.15) is 8.42 Å². The average Bonchev–Trinajstić information content (AvgIpc) is 2.52. The van der Waals surface area contributed by atoms with Gasteiger partial charge in [0, 0.05) is 0 Å². The summed E-state index contributed by atoms with van der Waals surface area (Å²) in [4.78, 5) is 12.0. The topological polar surface area (TPSA) is 80.7 Å². The number of carbonyl (C=O) groups is 1. The molecular formula is C17H32O5S. The first-order valence-electron chi connectivity index (χ1n) is 9.08. The lowest BCUT2D eigenvalue weighted by Crippen LogP contribution is -2.32. The summed E-state index contributed by atoms with van der Waals surface area (Å²) in [6.07, 6.45) is 11.4. The van der Waals surface area contributed by atoms with E-state index in [1.54, 1.807) is 0 Å². The van der Waals surface area contributed by atoms with E-state index in [-0.39, 0.29) is 18.3 Å². The first-order valence-corrected chi connectivity index (χ1v) is 10.6. The largest absolute Gasteiger partial charge is 0.465 e. The minimum absolute atomic E-state index is 0.190. The molecule has 2 atom stereocenters. The third-order valence-corrected chi connectivity index (χ3v) is 5.89. The molecule has 1 fully saturated rings. The zero-order valence-corrected chi connectivity index (χ0v) is 15.2. The Kier molecular flexibility index (Phi) is 9.79. The first-order chi connectivity index (χ1) is 10.9. The van der Waals surface area contributed by atoms with Gasteiger partial charge in [-0.1, -0.05) is 58.3 Å². The Labute approximate surface area is 140 Å². The Hall–Kier alpha value is -0.620. The summed E-state index contributed by atoms with van der Waals surface area (Å²) < 4.78 is 36.8. The molecule has 0 aliphatic heterocycles. The standard InChI is InChI=1S/C17H32O5S/c1-2-3-4-5-6-7-8-9-13-22-17(18)15-11-10-12-16(14-15)23(19,20)21/h15-16H,2-14H2,1H3,(H,19,20,21). The molecule has 136 valence electrons. The molecule has 5 nitrogen and oxygen atoms in total. The van der Waals surface area contributed by atoms with Gasteiger partial charge in [0.1, 0.15) is 0 Å². The molecule has 0 heterocycles. The maximum atomic E-state index is 12.0. The summed E-state index contributed by atoms with van der Waals surface area (Å²) in [5.41, 5.74) is 0. The van der Waals surface area contributed by atoms with E-state index < -0.39 is 15.4 Å². The van der Waals surface area contributed by atoms with Crippen molar-refractivity contribution >= 4 is 16.1 Å². The summed E-state index contributed by atoms with van der Waals surface area (Å²) in [5, 5.41) is -0.808. The zero-order valence-electron chi connectivity index (χ0n) is 14.3. The fourth-order valence-electron chi connectivity index (χ4n) is 3.16. The minimum Gasteiger partial charge on any atom is -0.465 e. The highest BCUT2D eigenvalue weighted by Gasteiger charge is 2.34. The summed E-state index contributed by atoms with van der Waals surface area (Å²) in [5.74, 6) is -0.689. The average molecular weight is 349 g/mol. The van der Waals surface area contributed by atoms with Crippen LogP contribution >= 0.6 is 0 Å². The molecule has 1 rings (SSSR count). The van der Waals surface area contributed by atoms with Crippen LogP contribution < -0.4 is 0 Å². The van der Waals surface area contributed by atoms with Crippen molar-refractivity contribution in [2.75, 3.05) is 6.61 Å². The van der Waals surface area contributed by atoms with Crippen LogP contribution in [0.5, 0.6) is 0 Å². The molecule has 2 unspecified atom stereocenters. The number of ether oxygens (including phenoxy) is 1. The molecule has 0 aromatic rings. The van der Waals surface area contributed by atoms with E-state index in [0.29, 0.717) is 25.9 Å². The lowest BCUT2D eigenvalue weighted by atomic mass is 9.89. The predicted octanol–water partition coefficient (Wildman–Crippen LogP) is 4.12. The van der Waals surface area contributed by atoms with Gasteiger partial charge in [-0.15, -0.1) is 0 Å². The van der Waals surface area contributed by atoms with Gasteiger partial charge in [-0.25, -0.2) is 0 Å². The molecule has 1 aliphatic carbocycles. The number of rotatable bonds is 11. The highest BCUT2D eigenvalue weighted by atomic mass is 32.2. The van der Waals surface area contributed by atoms with Crippen LogP contribution in [0.1, 0.15) is 84.0 Å². The molecule has 6 heteroatoms. The van der Waals surface area contributed by atoms with Crippen molar-refractivity contribution in [3.63, 3.8) is 0 Å². The van der Waals surface area contributed by atoms with E-state index in [2.05, 4.69) is 6.92 Å². The van der Waals surface area contributed by atoms with Gasteiger partial charge >= 0.3 is 5.97 Å². The van der Waals surface area contributed by atoms with Crippen LogP contribution in [0.4, 0.5) is 0 Å². The molecule has 0 spiro atoms. The van der Waals surface area contributed by atoms with Crippen LogP contribution in [0, 0.1) is 5.92 Å². The van der Waals surface area contributed by atoms with Crippen molar-refractivity contribution in [3.8, 4) is 0 Å². The first kappa shape index (κ1) is 20.4. The van der Waals surface area contributed by atoms with E-state index in [9.17, 15) is 13.2 Å². The SMILES string of the molecule is CCCCCCCCCCOC(=O)C1CCCC(S(=O)(=O)O)C1. The normalized spacial score (nSPS) is 22.0. The molecule has 0 amide bonds. The van der Waals surface area contributed by atoms with Crippen LogP contribution in [0.25, 0.3) is 0 Å². The fourth-order valence-corrected chi connectivity index (χ4v) is 4.10. The molecule has 0 saturated heterocycles. The smallest absolute Gasteiger partial charge is 0.308 e. The molecule has 0 radical (unpaired) electrons. The highest BCUT2D eigenvalue weighted by Crippen LogP contribution is 2.29. The highest BCUT2D eigenvalue weighted by molar-refractivity contribution is 7.86. The molecule has 1 N–H and O–H groups in total. The van der Waals surface area contributed by atoms with Crippen LogP contribution in [0.15, 0.2) is 0 Å². The van der Waals surface area contributed by atoms with Crippen molar-refractivity contribution < 1.29 is 22.5 Å². The second kappa shape index (κ2) is 11.0. The number of hydrogen-bond donors (Lipinski definition) is 1. The lowest BCUT2D eigenvalue weighted by molar-refractivity contribution is -0.149. The molecule has 0 bridgehead atoms. The molecule has 23 heavy (non-hydrogen) atoms. The van der Waals surface area contributed by atoms with Crippen molar-refractivity contribution in [3.05, 3.63) is 0 Å². The predicted molar refractivity (Wildman–Crippen MR) is 90.9 cm³/mol. The maximum Gasteiger partial charge on any atom is 0.308 e. The van der Waals surface area contributed by atoms with Crippen molar-refractivity contribution in [2.24, 2.45) is 5.92 Å². The summed E-state index contributed by atoms with van der Waals surface area (Å²) in [6, 6.07) is 0. The van der Waals surface area contributed by atoms with Gasteiger partial charge in [0.15, 0.2) is 0 Å². The van der Waals surface area contributed by atoms with E-state index >= 15 is 0 Å². The quantitative estimate of drug-likeness (QED) is 0.345. The minimum atomic E-state index is -4.04. The number of carbonyl (C=O) groups excluding carboxylic acids is 1. The van der Waals surface area contributed by atoms with Crippen LogP contribution in [0.2, 0.25) is 0 Å². The maximum absolute atomic E-state index is 12.0. The second-order valence-electron chi connectivity index (χ2n) is 6.64. The second-order valence-corrected chi connectivity index (χ2v) is 8.34. The van der Waals surface area contributed by atoms with Crippen LogP contribution in [-0.4, -0.2) is 30.8 Å². The van der Waals surface area contributed by atoms with Gasteiger partial charge < -0.3 is 4.74 Å². The van der Waals surface area contributed by atoms with Gasteiger partial charge in [-0.3, -0.25) is 9.35 Å². The number of esters is 1. The van der Waals surface area contributed by atoms with Crippen molar-refractivity contribution in [1.29, 1.82) is 0 Å². The molecule has 0 aromatic heterocycles. The van der Waals surface area contributed by atoms with Crippen molar-refractivity contribution in [1.82, 2.24) is 0 Å². The van der Waals surface area contributed by atoms with E-state index in [0.717, 1.165) is 12.8 Å². The van der Waals surface area contributed by atoms with Gasteiger partial charge in [-0.05, 0) is 25.7 Å². The fraction of sp³-hybridized carbons (Fsp3) is 0.941. The molecule has 0 aromatic carbocycles. The van der Waals surface area contributed by atoms with E-state index in [4.69, 9.17) is 9.29 Å². The summed E-state index contributed by atoms with van der Waals surface area (Å²) in [6.45, 7) is 2.62. The summed E-state index contributed by atoms with van der Waals surface area (Å²) >= 11 is 0. The Bertz CT molecular complexity index is 432. The third-order valence-electron chi connectivity index (χ3n) is 4.62. The third kappa shape index (κ3) is 8.70. The Morgan fingerprint density at radius 2 is 1.65 bits per heavy atom. The zero-order chi connectivity index (χ0) is 17.1. The number of unbranched alkanes of at least 4 members (excludes halogenated alkanes) is 7. The van der Waals surface area contributed by atoms with E-state index in [1.807, 2.05) is 0 Å². The Morgan fingerprint density at radius 3 is 2.26 bits per heavy atom. The molecule has 1 saturated carbocycles. The monoisotopic (exact) mass is 348 g/mol. The van der Waals surface area contributed by atoms with Gasteiger partial charge in [0.25, 0.3) is 10.1 Å². The lowest BCUT2D eigenvalue weighted by Gasteiger charge is -2.25. The van der Waals surface area contributed by atoms with Crippen LogP contribution in [0.3, 0.4) is 0 Å². The van der Waals surface area contributed by atoms with Crippen molar-refractivity contribution in [2.45, 2.75) is 89.2 Å². The molecular weight excluding hydrogens is 316 g/mol. The molecule has 1 aliphatic rings. The Morgan fingerprint density at radius 1 is 1.04 bits per heavy atom.